The summed E-state index contributed by atoms with van der Waals surface area (Å²) < 4.78 is 5.82. The van der Waals surface area contributed by atoms with E-state index in [9.17, 15) is 5.11 Å². The summed E-state index contributed by atoms with van der Waals surface area (Å²) in [6.45, 7) is 2.89. The summed E-state index contributed by atoms with van der Waals surface area (Å²) in [6, 6.07) is 8.24. The summed E-state index contributed by atoms with van der Waals surface area (Å²) >= 11 is 1.63. The third-order valence-corrected chi connectivity index (χ3v) is 4.89. The molecule has 4 heteroatoms. The molecule has 0 bridgehead atoms. The summed E-state index contributed by atoms with van der Waals surface area (Å²) in [7, 11) is 0. The maximum Gasteiger partial charge on any atom is 0.119 e. The van der Waals surface area contributed by atoms with E-state index in [1.165, 1.54) is 18.4 Å². The first-order valence-corrected chi connectivity index (χ1v) is 8.43. The molecule has 1 saturated carbocycles. The number of ether oxygens (including phenoxy) is 1. The van der Waals surface area contributed by atoms with Crippen LogP contribution >= 0.6 is 11.3 Å². The second-order valence-corrected chi connectivity index (χ2v) is 6.62. The van der Waals surface area contributed by atoms with Crippen LogP contribution in [0.2, 0.25) is 0 Å². The van der Waals surface area contributed by atoms with Crippen molar-refractivity contribution >= 4 is 11.3 Å². The number of aromatic nitrogens is 1. The Morgan fingerprint density at radius 2 is 2.24 bits per heavy atom. The number of benzene rings is 1. The maximum absolute atomic E-state index is 9.41. The molecule has 1 aromatic heterocycles. The van der Waals surface area contributed by atoms with Crippen molar-refractivity contribution in [3.63, 3.8) is 0 Å². The Bertz CT molecular complexity index is 605. The molecule has 0 spiro atoms. The van der Waals surface area contributed by atoms with Crippen molar-refractivity contribution < 1.29 is 9.84 Å². The summed E-state index contributed by atoms with van der Waals surface area (Å²) in [5.41, 5.74) is 2.42. The summed E-state index contributed by atoms with van der Waals surface area (Å²) in [5.74, 6) is 1.52. The molecule has 1 heterocycles. The van der Waals surface area contributed by atoms with Gasteiger partial charge in [0, 0.05) is 12.3 Å². The molecule has 0 atom stereocenters. The predicted molar refractivity (Wildman–Crippen MR) is 85.0 cm³/mol. The second kappa shape index (κ2) is 6.58. The zero-order chi connectivity index (χ0) is 14.7. The number of nitrogens with zero attached hydrogens (tertiary/aromatic N) is 1. The average molecular weight is 303 g/mol. The van der Waals surface area contributed by atoms with Gasteiger partial charge in [0.05, 0.1) is 28.8 Å². The van der Waals surface area contributed by atoms with Gasteiger partial charge in [-0.2, -0.15) is 0 Å². The SMILES string of the molecule is CCc1cccc(OCCc2nc(C3CC3)c(CO)s2)c1. The van der Waals surface area contributed by atoms with Crippen LogP contribution in [0.1, 0.15) is 46.8 Å². The molecule has 0 radical (unpaired) electrons. The number of aryl methyl sites for hydroxylation is 1. The Morgan fingerprint density at radius 1 is 1.38 bits per heavy atom. The van der Waals surface area contributed by atoms with Crippen molar-refractivity contribution in [3.8, 4) is 5.75 Å². The first-order chi connectivity index (χ1) is 10.3. The number of rotatable bonds is 7. The van der Waals surface area contributed by atoms with Crippen LogP contribution in [0.4, 0.5) is 0 Å². The first kappa shape index (κ1) is 14.5. The van der Waals surface area contributed by atoms with E-state index in [4.69, 9.17) is 4.74 Å². The molecule has 1 aliphatic carbocycles. The molecule has 112 valence electrons. The van der Waals surface area contributed by atoms with Crippen molar-refractivity contribution in [2.24, 2.45) is 0 Å². The highest BCUT2D eigenvalue weighted by Gasteiger charge is 2.29. The van der Waals surface area contributed by atoms with Gasteiger partial charge in [0.1, 0.15) is 5.75 Å². The van der Waals surface area contributed by atoms with Gasteiger partial charge in [-0.05, 0) is 37.0 Å². The molecule has 1 N–H and O–H groups in total. The highest BCUT2D eigenvalue weighted by Crippen LogP contribution is 2.42. The van der Waals surface area contributed by atoms with Crippen LogP contribution in [0.5, 0.6) is 5.75 Å². The minimum Gasteiger partial charge on any atom is -0.493 e. The largest absolute Gasteiger partial charge is 0.493 e. The van der Waals surface area contributed by atoms with Gasteiger partial charge >= 0.3 is 0 Å². The lowest BCUT2D eigenvalue weighted by Crippen LogP contribution is -2.01. The van der Waals surface area contributed by atoms with E-state index >= 15 is 0 Å². The van der Waals surface area contributed by atoms with E-state index in [2.05, 4.69) is 24.0 Å². The Balaban J connectivity index is 1.57. The predicted octanol–water partition coefficient (Wildman–Crippen LogP) is 3.70. The molecular weight excluding hydrogens is 282 g/mol. The van der Waals surface area contributed by atoms with Crippen LogP contribution in [-0.2, 0) is 19.4 Å². The molecule has 1 aromatic carbocycles. The van der Waals surface area contributed by atoms with Crippen LogP contribution < -0.4 is 4.74 Å². The zero-order valence-electron chi connectivity index (χ0n) is 12.3. The maximum atomic E-state index is 9.41. The topological polar surface area (TPSA) is 42.4 Å². The summed E-state index contributed by atoms with van der Waals surface area (Å²) in [5, 5.41) is 10.5. The third kappa shape index (κ3) is 3.63. The number of aliphatic hydroxyl groups is 1. The van der Waals surface area contributed by atoms with E-state index < -0.39 is 0 Å². The van der Waals surface area contributed by atoms with Gasteiger partial charge in [-0.3, -0.25) is 0 Å². The van der Waals surface area contributed by atoms with Gasteiger partial charge < -0.3 is 9.84 Å². The van der Waals surface area contributed by atoms with Crippen molar-refractivity contribution in [3.05, 3.63) is 45.4 Å². The molecular formula is C17H21NO2S. The van der Waals surface area contributed by atoms with Crippen LogP contribution in [0.15, 0.2) is 24.3 Å². The van der Waals surface area contributed by atoms with Crippen LogP contribution in [-0.4, -0.2) is 16.7 Å². The highest BCUT2D eigenvalue weighted by atomic mass is 32.1. The molecule has 0 amide bonds. The Kier molecular flexibility index (Phi) is 4.56. The third-order valence-electron chi connectivity index (χ3n) is 3.77. The number of hydrogen-bond donors (Lipinski definition) is 1. The molecule has 0 saturated heterocycles. The lowest BCUT2D eigenvalue weighted by atomic mass is 10.2. The molecule has 0 aliphatic heterocycles. The van der Waals surface area contributed by atoms with E-state index in [1.807, 2.05) is 12.1 Å². The van der Waals surface area contributed by atoms with Crippen molar-refractivity contribution in [2.45, 2.75) is 45.1 Å². The molecule has 3 rings (SSSR count). The Morgan fingerprint density at radius 3 is 2.95 bits per heavy atom. The molecule has 0 unspecified atom stereocenters. The standard InChI is InChI=1S/C17H21NO2S/c1-2-12-4-3-5-14(10-12)20-9-8-16-18-17(13-6-7-13)15(11-19)21-16/h3-5,10,13,19H,2,6-9,11H2,1H3. The molecule has 21 heavy (non-hydrogen) atoms. The average Bonchev–Trinajstić information content (AvgIpc) is 3.28. The van der Waals surface area contributed by atoms with E-state index in [1.54, 1.807) is 11.3 Å². The molecule has 1 aliphatic rings. The molecule has 1 fully saturated rings. The van der Waals surface area contributed by atoms with Gasteiger partial charge in [0.15, 0.2) is 0 Å². The number of thiazole rings is 1. The van der Waals surface area contributed by atoms with Gasteiger partial charge in [-0.25, -0.2) is 4.98 Å². The van der Waals surface area contributed by atoms with Gasteiger partial charge in [0.2, 0.25) is 0 Å². The smallest absolute Gasteiger partial charge is 0.119 e. The molecule has 2 aromatic rings. The fraction of sp³-hybridized carbons (Fsp3) is 0.471. The van der Waals surface area contributed by atoms with E-state index in [0.717, 1.165) is 34.2 Å². The first-order valence-electron chi connectivity index (χ1n) is 7.61. The van der Waals surface area contributed by atoms with E-state index in [0.29, 0.717) is 12.5 Å². The zero-order valence-corrected chi connectivity index (χ0v) is 13.2. The van der Waals surface area contributed by atoms with Gasteiger partial charge in [-0.15, -0.1) is 11.3 Å². The lowest BCUT2D eigenvalue weighted by molar-refractivity contribution is 0.284. The van der Waals surface area contributed by atoms with Gasteiger partial charge in [-0.1, -0.05) is 19.1 Å². The lowest BCUT2D eigenvalue weighted by Gasteiger charge is -2.06. The summed E-state index contributed by atoms with van der Waals surface area (Å²) in [4.78, 5) is 5.73. The fourth-order valence-electron chi connectivity index (χ4n) is 2.42. The van der Waals surface area contributed by atoms with Crippen LogP contribution in [0.25, 0.3) is 0 Å². The van der Waals surface area contributed by atoms with Crippen molar-refractivity contribution in [1.82, 2.24) is 4.98 Å². The normalized spacial score (nSPS) is 14.4. The number of aliphatic hydroxyl groups excluding tert-OH is 1. The van der Waals surface area contributed by atoms with Gasteiger partial charge in [0.25, 0.3) is 0 Å². The minimum absolute atomic E-state index is 0.114. The quantitative estimate of drug-likeness (QED) is 0.848. The van der Waals surface area contributed by atoms with Crippen molar-refractivity contribution in [1.29, 1.82) is 0 Å². The Hall–Kier alpha value is -1.39. The summed E-state index contributed by atoms with van der Waals surface area (Å²) in [6.07, 6.45) is 4.27. The minimum atomic E-state index is 0.114. The van der Waals surface area contributed by atoms with Crippen molar-refractivity contribution in [2.75, 3.05) is 6.61 Å². The Labute approximate surface area is 129 Å². The fourth-order valence-corrected chi connectivity index (χ4v) is 3.42. The monoisotopic (exact) mass is 303 g/mol. The number of hydrogen-bond acceptors (Lipinski definition) is 4. The highest BCUT2D eigenvalue weighted by molar-refractivity contribution is 7.11. The second-order valence-electron chi connectivity index (χ2n) is 5.45. The molecule has 3 nitrogen and oxygen atoms in total. The van der Waals surface area contributed by atoms with E-state index in [-0.39, 0.29) is 6.61 Å². The van der Waals surface area contributed by atoms with Crippen LogP contribution in [0, 0.1) is 0 Å². The van der Waals surface area contributed by atoms with Crippen LogP contribution in [0.3, 0.4) is 0 Å².